The van der Waals surface area contributed by atoms with Gasteiger partial charge >= 0.3 is 12.1 Å². The van der Waals surface area contributed by atoms with E-state index in [4.69, 9.17) is 19.2 Å². The number of carboxylic acids is 1. The van der Waals surface area contributed by atoms with Crippen LogP contribution >= 0.6 is 0 Å². The third-order valence-corrected chi connectivity index (χ3v) is 8.76. The van der Waals surface area contributed by atoms with E-state index >= 15 is 0 Å². The number of allylic oxidation sites excluding steroid dienone is 3. The van der Waals surface area contributed by atoms with Gasteiger partial charge in [0.2, 0.25) is 5.88 Å². The number of rotatable bonds is 8. The average molecular weight is 625 g/mol. The SMILES string of the molecule is COc1c(C(=O)O)cnn1-c1cccc(C2=CCCC(C)=C2OCc2ccc3c(c2C(F)(F)F)CCN(C2CCOCC2)C3)n1. The predicted octanol–water partition coefficient (Wildman–Crippen LogP) is 6.20. The average Bonchev–Trinajstić information content (AvgIpc) is 3.48. The summed E-state index contributed by atoms with van der Waals surface area (Å²) >= 11 is 0. The molecule has 0 radical (unpaired) electrons. The number of halogens is 3. The Morgan fingerprint density at radius 3 is 2.69 bits per heavy atom. The zero-order valence-electron chi connectivity index (χ0n) is 25.2. The minimum atomic E-state index is -4.52. The van der Waals surface area contributed by atoms with Gasteiger partial charge in [0.25, 0.3) is 0 Å². The van der Waals surface area contributed by atoms with Gasteiger partial charge in [-0.25, -0.2) is 9.78 Å². The molecule has 0 atom stereocenters. The van der Waals surface area contributed by atoms with Crippen LogP contribution in [0.5, 0.6) is 5.88 Å². The van der Waals surface area contributed by atoms with Crippen LogP contribution < -0.4 is 4.74 Å². The van der Waals surface area contributed by atoms with Gasteiger partial charge in [0.1, 0.15) is 17.9 Å². The lowest BCUT2D eigenvalue weighted by Gasteiger charge is -2.38. The molecule has 0 bridgehead atoms. The number of hydrogen-bond acceptors (Lipinski definition) is 7. The molecular formula is C33H35F3N4O5. The van der Waals surface area contributed by atoms with Gasteiger partial charge in [0.05, 0.1) is 24.6 Å². The summed E-state index contributed by atoms with van der Waals surface area (Å²) in [5.74, 6) is -0.350. The minimum Gasteiger partial charge on any atom is -0.488 e. The van der Waals surface area contributed by atoms with E-state index in [2.05, 4.69) is 10.00 Å². The molecule has 2 aliphatic heterocycles. The van der Waals surface area contributed by atoms with Crippen LogP contribution in [0.3, 0.4) is 0 Å². The summed E-state index contributed by atoms with van der Waals surface area (Å²) in [6.45, 7) is 4.12. The number of aromatic carboxylic acids is 1. The van der Waals surface area contributed by atoms with E-state index in [1.807, 2.05) is 19.1 Å². The molecule has 238 valence electrons. The molecule has 1 saturated heterocycles. The minimum absolute atomic E-state index is 0.0240. The van der Waals surface area contributed by atoms with Gasteiger partial charge < -0.3 is 19.3 Å². The third kappa shape index (κ3) is 6.21. The first-order valence-corrected chi connectivity index (χ1v) is 15.0. The summed E-state index contributed by atoms with van der Waals surface area (Å²) in [5, 5.41) is 13.6. The molecule has 0 spiro atoms. The maximum atomic E-state index is 14.6. The van der Waals surface area contributed by atoms with E-state index in [-0.39, 0.29) is 23.6 Å². The van der Waals surface area contributed by atoms with Gasteiger partial charge in [-0.15, -0.1) is 0 Å². The quantitative estimate of drug-likeness (QED) is 0.317. The van der Waals surface area contributed by atoms with Crippen molar-refractivity contribution in [3.05, 3.63) is 87.4 Å². The standard InChI is InChI=1S/C33H35F3N4O5/c1-20-5-3-6-25(27-7-4-8-28(38-27)40-31(43-2)26(17-37-40)32(41)42)30(20)45-19-22-10-9-21-18-39(23-12-15-44-16-13-23)14-11-24(21)29(22)33(34,35)36/h4,6-10,17,23H,3,5,11-16,18-19H2,1-2H3,(H,41,42). The van der Waals surface area contributed by atoms with E-state index in [9.17, 15) is 23.1 Å². The van der Waals surface area contributed by atoms with Crippen LogP contribution in [-0.2, 0) is 35.2 Å². The first-order chi connectivity index (χ1) is 21.7. The molecule has 1 aliphatic carbocycles. The Morgan fingerprint density at radius 2 is 1.96 bits per heavy atom. The number of pyridine rings is 1. The number of methoxy groups -OCH3 is 1. The summed E-state index contributed by atoms with van der Waals surface area (Å²) in [6.07, 6.45) is 2.17. The third-order valence-electron chi connectivity index (χ3n) is 8.76. The summed E-state index contributed by atoms with van der Waals surface area (Å²) in [4.78, 5) is 18.6. The molecule has 1 N–H and O–H groups in total. The van der Waals surface area contributed by atoms with Crippen LogP contribution in [0.4, 0.5) is 13.2 Å². The first kappa shape index (κ1) is 30.8. The molecule has 9 nitrogen and oxygen atoms in total. The highest BCUT2D eigenvalue weighted by Crippen LogP contribution is 2.40. The molecule has 4 heterocycles. The van der Waals surface area contributed by atoms with Gasteiger partial charge in [-0.3, -0.25) is 4.90 Å². The summed E-state index contributed by atoms with van der Waals surface area (Å²) in [5.41, 5.74) is 2.57. The number of nitrogens with zero attached hydrogens (tertiary/aromatic N) is 4. The molecule has 45 heavy (non-hydrogen) atoms. The van der Waals surface area contributed by atoms with Gasteiger partial charge in [-0.2, -0.15) is 23.0 Å². The van der Waals surface area contributed by atoms with Crippen LogP contribution in [0.2, 0.25) is 0 Å². The summed E-state index contributed by atoms with van der Waals surface area (Å²) < 4.78 is 62.1. The van der Waals surface area contributed by atoms with Crippen molar-refractivity contribution >= 4 is 11.5 Å². The second-order valence-corrected chi connectivity index (χ2v) is 11.5. The summed E-state index contributed by atoms with van der Waals surface area (Å²) in [6, 6.07) is 8.89. The fraction of sp³-hybridized carbons (Fsp3) is 0.424. The number of benzene rings is 1. The van der Waals surface area contributed by atoms with Crippen LogP contribution in [-0.4, -0.2) is 63.7 Å². The first-order valence-electron chi connectivity index (χ1n) is 15.0. The van der Waals surface area contributed by atoms with Crippen LogP contribution in [0.1, 0.15) is 70.9 Å². The Balaban J connectivity index is 1.26. The molecule has 0 unspecified atom stereocenters. The maximum Gasteiger partial charge on any atom is 0.417 e. The van der Waals surface area contributed by atoms with Gasteiger partial charge in [0.15, 0.2) is 5.82 Å². The van der Waals surface area contributed by atoms with Crippen molar-refractivity contribution in [3.8, 4) is 11.7 Å². The van der Waals surface area contributed by atoms with E-state index in [0.717, 1.165) is 24.0 Å². The van der Waals surface area contributed by atoms with Crippen molar-refractivity contribution in [2.75, 3.05) is 26.9 Å². The van der Waals surface area contributed by atoms with E-state index in [0.29, 0.717) is 80.0 Å². The highest BCUT2D eigenvalue weighted by Gasteiger charge is 2.39. The normalized spacial score (nSPS) is 18.0. The van der Waals surface area contributed by atoms with Crippen LogP contribution in [0, 0.1) is 0 Å². The number of carbonyl (C=O) groups is 1. The Hall–Kier alpha value is -4.16. The largest absolute Gasteiger partial charge is 0.488 e. The number of hydrogen-bond donors (Lipinski definition) is 1. The molecule has 3 aliphatic rings. The van der Waals surface area contributed by atoms with Crippen LogP contribution in [0.25, 0.3) is 11.4 Å². The van der Waals surface area contributed by atoms with Crippen molar-refractivity contribution in [2.45, 2.75) is 64.4 Å². The lowest BCUT2D eigenvalue weighted by Crippen LogP contribution is -2.42. The van der Waals surface area contributed by atoms with Crippen molar-refractivity contribution < 1.29 is 37.3 Å². The zero-order valence-corrected chi connectivity index (χ0v) is 25.2. The van der Waals surface area contributed by atoms with E-state index in [1.165, 1.54) is 18.0 Å². The molecule has 0 saturated carbocycles. The number of aromatic nitrogens is 3. The number of fused-ring (bicyclic) bond motifs is 1. The Kier molecular flexibility index (Phi) is 8.69. The highest BCUT2D eigenvalue weighted by molar-refractivity contribution is 5.90. The Labute approximate surface area is 258 Å². The molecule has 1 aromatic carbocycles. The Morgan fingerprint density at radius 1 is 1.16 bits per heavy atom. The Bertz CT molecular complexity index is 1660. The van der Waals surface area contributed by atoms with Crippen molar-refractivity contribution in [1.82, 2.24) is 19.7 Å². The maximum absolute atomic E-state index is 14.6. The van der Waals surface area contributed by atoms with Crippen molar-refractivity contribution in [3.63, 3.8) is 0 Å². The smallest absolute Gasteiger partial charge is 0.417 e. The lowest BCUT2D eigenvalue weighted by atomic mass is 9.89. The van der Waals surface area contributed by atoms with Gasteiger partial charge in [-0.05, 0) is 67.9 Å². The zero-order chi connectivity index (χ0) is 31.7. The second kappa shape index (κ2) is 12.7. The molecule has 1 fully saturated rings. The topological polar surface area (TPSA) is 98.9 Å². The monoisotopic (exact) mass is 624 g/mol. The molecule has 0 amide bonds. The fourth-order valence-corrected chi connectivity index (χ4v) is 6.54. The lowest BCUT2D eigenvalue weighted by molar-refractivity contribution is -0.139. The second-order valence-electron chi connectivity index (χ2n) is 11.5. The number of ether oxygens (including phenoxy) is 3. The van der Waals surface area contributed by atoms with Gasteiger partial charge in [-0.1, -0.05) is 24.3 Å². The number of alkyl halides is 3. The molecular weight excluding hydrogens is 589 g/mol. The molecule has 3 aromatic rings. The summed E-state index contributed by atoms with van der Waals surface area (Å²) in [7, 11) is 1.35. The number of carboxylic acid groups (broad SMARTS) is 1. The van der Waals surface area contributed by atoms with E-state index in [1.54, 1.807) is 24.3 Å². The van der Waals surface area contributed by atoms with Crippen molar-refractivity contribution in [1.29, 1.82) is 0 Å². The van der Waals surface area contributed by atoms with Crippen molar-refractivity contribution in [2.24, 2.45) is 0 Å². The predicted molar refractivity (Wildman–Crippen MR) is 159 cm³/mol. The fourth-order valence-electron chi connectivity index (χ4n) is 6.54. The van der Waals surface area contributed by atoms with E-state index < -0.39 is 17.7 Å². The molecule has 2 aromatic heterocycles. The highest BCUT2D eigenvalue weighted by atomic mass is 19.4. The van der Waals surface area contributed by atoms with Gasteiger partial charge in [0, 0.05) is 43.5 Å². The molecule has 12 heteroatoms. The van der Waals surface area contributed by atoms with Crippen LogP contribution in [0.15, 0.2) is 53.9 Å². The molecule has 6 rings (SSSR count).